The van der Waals surface area contributed by atoms with E-state index < -0.39 is 0 Å². The molecule has 2 aromatic rings. The molecule has 6 heteroatoms. The van der Waals surface area contributed by atoms with Gasteiger partial charge in [0.2, 0.25) is 0 Å². The molecule has 0 unspecified atom stereocenters. The third-order valence-electron chi connectivity index (χ3n) is 4.48. The van der Waals surface area contributed by atoms with Crippen LogP contribution in [0.3, 0.4) is 0 Å². The number of amides is 1. The van der Waals surface area contributed by atoms with E-state index in [9.17, 15) is 4.79 Å². The van der Waals surface area contributed by atoms with Crippen molar-refractivity contribution in [2.24, 2.45) is 0 Å². The molecule has 1 saturated heterocycles. The minimum absolute atomic E-state index is 0.120. The molecule has 1 aliphatic heterocycles. The number of benzene rings is 2. The third-order valence-corrected chi connectivity index (χ3v) is 5.73. The summed E-state index contributed by atoms with van der Waals surface area (Å²) in [5.74, 6) is -0.120. The summed E-state index contributed by atoms with van der Waals surface area (Å²) >= 11 is 8.65. The molecule has 1 aliphatic rings. The van der Waals surface area contributed by atoms with E-state index >= 15 is 0 Å². The number of anilines is 2. The fourth-order valence-electron chi connectivity index (χ4n) is 2.99. The van der Waals surface area contributed by atoms with Crippen LogP contribution in [0.4, 0.5) is 11.4 Å². The van der Waals surface area contributed by atoms with E-state index in [4.69, 9.17) is 11.6 Å². The highest BCUT2D eigenvalue weighted by Crippen LogP contribution is 2.30. The van der Waals surface area contributed by atoms with Crippen LogP contribution in [0.15, 0.2) is 42.5 Å². The van der Waals surface area contributed by atoms with E-state index in [0.29, 0.717) is 16.3 Å². The molecular weight excluding hydrogens is 449 g/mol. The molecule has 0 aliphatic carbocycles. The molecule has 0 spiro atoms. The summed E-state index contributed by atoms with van der Waals surface area (Å²) in [4.78, 5) is 17.2. The molecular formula is C19H21ClIN3O. The monoisotopic (exact) mass is 469 g/mol. The van der Waals surface area contributed by atoms with Gasteiger partial charge in [-0.3, -0.25) is 4.79 Å². The molecule has 3 rings (SSSR count). The second kappa shape index (κ2) is 8.38. The molecule has 0 aromatic heterocycles. The molecule has 2 aromatic carbocycles. The number of carbonyl (C=O) groups excluding carboxylic acids is 1. The summed E-state index contributed by atoms with van der Waals surface area (Å²) in [6, 6.07) is 13.3. The van der Waals surface area contributed by atoms with Crippen molar-refractivity contribution in [3.63, 3.8) is 0 Å². The lowest BCUT2D eigenvalue weighted by Gasteiger charge is -2.36. The lowest BCUT2D eigenvalue weighted by atomic mass is 10.2. The normalized spacial score (nSPS) is 15.2. The number of halogens is 2. The van der Waals surface area contributed by atoms with Crippen LogP contribution < -0.4 is 10.2 Å². The third kappa shape index (κ3) is 4.46. The van der Waals surface area contributed by atoms with Gasteiger partial charge >= 0.3 is 0 Å². The van der Waals surface area contributed by atoms with Crippen LogP contribution in [-0.4, -0.2) is 43.5 Å². The van der Waals surface area contributed by atoms with Gasteiger partial charge < -0.3 is 15.1 Å². The van der Waals surface area contributed by atoms with Crippen LogP contribution in [0.1, 0.15) is 17.3 Å². The van der Waals surface area contributed by atoms with Gasteiger partial charge in [0.1, 0.15) is 0 Å². The quantitative estimate of drug-likeness (QED) is 0.677. The summed E-state index contributed by atoms with van der Waals surface area (Å²) in [5.41, 5.74) is 2.41. The number of rotatable bonds is 4. The van der Waals surface area contributed by atoms with Crippen molar-refractivity contribution in [2.45, 2.75) is 6.92 Å². The van der Waals surface area contributed by atoms with Crippen LogP contribution >= 0.6 is 34.2 Å². The van der Waals surface area contributed by atoms with Crippen LogP contribution in [0, 0.1) is 3.57 Å². The first-order valence-electron chi connectivity index (χ1n) is 8.41. The van der Waals surface area contributed by atoms with Crippen molar-refractivity contribution in [2.75, 3.05) is 42.9 Å². The molecule has 0 atom stereocenters. The number of piperazine rings is 1. The number of likely N-dealkylation sites (N-methyl/N-ethyl adjacent to an activating group) is 1. The number of hydrogen-bond donors (Lipinski definition) is 1. The van der Waals surface area contributed by atoms with E-state index in [1.807, 2.05) is 42.5 Å². The van der Waals surface area contributed by atoms with Crippen molar-refractivity contribution in [3.05, 3.63) is 56.6 Å². The van der Waals surface area contributed by atoms with E-state index in [1.165, 1.54) is 0 Å². The molecule has 0 saturated carbocycles. The predicted octanol–water partition coefficient (Wildman–Crippen LogP) is 4.34. The summed E-state index contributed by atoms with van der Waals surface area (Å²) in [6.07, 6.45) is 0. The zero-order valence-electron chi connectivity index (χ0n) is 14.1. The smallest absolute Gasteiger partial charge is 0.256 e. The standard InChI is InChI=1S/C19H21ClIN3O/c1-2-23-9-11-24(12-10-23)18-8-7-14(13-16(18)20)22-19(25)15-5-3-4-6-17(15)21/h3-8,13H,2,9-12H2,1H3,(H,22,25). The van der Waals surface area contributed by atoms with Gasteiger partial charge in [-0.25, -0.2) is 0 Å². The fraction of sp³-hybridized carbons (Fsp3) is 0.316. The van der Waals surface area contributed by atoms with E-state index in [0.717, 1.165) is 42.0 Å². The first kappa shape index (κ1) is 18.5. The second-order valence-corrected chi connectivity index (χ2v) is 7.59. The Morgan fingerprint density at radius 3 is 2.52 bits per heavy atom. The van der Waals surface area contributed by atoms with Gasteiger partial charge in [0.15, 0.2) is 0 Å². The molecule has 1 heterocycles. The Hall–Kier alpha value is -1.31. The maximum absolute atomic E-state index is 12.4. The highest BCUT2D eigenvalue weighted by Gasteiger charge is 2.18. The Kier molecular flexibility index (Phi) is 6.19. The summed E-state index contributed by atoms with van der Waals surface area (Å²) in [6.45, 7) is 7.33. The molecule has 0 radical (unpaired) electrons. The van der Waals surface area contributed by atoms with E-state index in [1.54, 1.807) is 0 Å². The predicted molar refractivity (Wildman–Crippen MR) is 113 cm³/mol. The highest BCUT2D eigenvalue weighted by atomic mass is 127. The van der Waals surface area contributed by atoms with Crippen LogP contribution in [0.5, 0.6) is 0 Å². The number of carbonyl (C=O) groups is 1. The Labute approximate surface area is 167 Å². The highest BCUT2D eigenvalue weighted by molar-refractivity contribution is 14.1. The second-order valence-electron chi connectivity index (χ2n) is 6.02. The van der Waals surface area contributed by atoms with Gasteiger partial charge in [-0.05, 0) is 59.5 Å². The summed E-state index contributed by atoms with van der Waals surface area (Å²) in [5, 5.41) is 3.60. The minimum Gasteiger partial charge on any atom is -0.368 e. The van der Waals surface area contributed by atoms with Gasteiger partial charge in [0.05, 0.1) is 16.3 Å². The maximum atomic E-state index is 12.4. The zero-order valence-corrected chi connectivity index (χ0v) is 17.0. The Balaban J connectivity index is 1.70. The van der Waals surface area contributed by atoms with Crippen molar-refractivity contribution < 1.29 is 4.79 Å². The average Bonchev–Trinajstić information content (AvgIpc) is 2.62. The largest absolute Gasteiger partial charge is 0.368 e. The molecule has 1 amide bonds. The number of nitrogens with zero attached hydrogens (tertiary/aromatic N) is 2. The summed E-state index contributed by atoms with van der Waals surface area (Å²) in [7, 11) is 0. The van der Waals surface area contributed by atoms with E-state index in [2.05, 4.69) is 44.6 Å². The number of hydrogen-bond acceptors (Lipinski definition) is 3. The SMILES string of the molecule is CCN1CCN(c2ccc(NC(=O)c3ccccc3I)cc2Cl)CC1. The number of nitrogens with one attached hydrogen (secondary N) is 1. The Morgan fingerprint density at radius 2 is 1.88 bits per heavy atom. The first-order valence-corrected chi connectivity index (χ1v) is 9.87. The van der Waals surface area contributed by atoms with Crippen LogP contribution in [-0.2, 0) is 0 Å². The zero-order chi connectivity index (χ0) is 17.8. The van der Waals surface area contributed by atoms with Crippen molar-refractivity contribution >= 4 is 51.5 Å². The average molecular weight is 470 g/mol. The van der Waals surface area contributed by atoms with Crippen molar-refractivity contribution in [1.82, 2.24) is 4.90 Å². The van der Waals surface area contributed by atoms with Crippen LogP contribution in [0.25, 0.3) is 0 Å². The van der Waals surface area contributed by atoms with Gasteiger partial charge in [0, 0.05) is 35.4 Å². The van der Waals surface area contributed by atoms with Gasteiger partial charge in [-0.1, -0.05) is 30.7 Å². The molecule has 25 heavy (non-hydrogen) atoms. The van der Waals surface area contributed by atoms with Gasteiger partial charge in [-0.2, -0.15) is 0 Å². The van der Waals surface area contributed by atoms with E-state index in [-0.39, 0.29) is 5.91 Å². The van der Waals surface area contributed by atoms with Gasteiger partial charge in [-0.15, -0.1) is 0 Å². The summed E-state index contributed by atoms with van der Waals surface area (Å²) < 4.78 is 0.925. The molecule has 1 fully saturated rings. The molecule has 4 nitrogen and oxygen atoms in total. The van der Waals surface area contributed by atoms with Crippen molar-refractivity contribution in [3.8, 4) is 0 Å². The van der Waals surface area contributed by atoms with Crippen molar-refractivity contribution in [1.29, 1.82) is 0 Å². The molecule has 0 bridgehead atoms. The lowest BCUT2D eigenvalue weighted by Crippen LogP contribution is -2.46. The minimum atomic E-state index is -0.120. The fourth-order valence-corrected chi connectivity index (χ4v) is 3.92. The maximum Gasteiger partial charge on any atom is 0.256 e. The molecule has 132 valence electrons. The van der Waals surface area contributed by atoms with Crippen LogP contribution in [0.2, 0.25) is 5.02 Å². The Bertz CT molecular complexity index is 760. The molecule has 1 N–H and O–H groups in total. The Morgan fingerprint density at radius 1 is 1.16 bits per heavy atom. The first-order chi connectivity index (χ1) is 12.1. The van der Waals surface area contributed by atoms with Gasteiger partial charge in [0.25, 0.3) is 5.91 Å². The lowest BCUT2D eigenvalue weighted by molar-refractivity contribution is 0.102. The topological polar surface area (TPSA) is 35.6 Å².